The quantitative estimate of drug-likeness (QED) is 0.673. The Kier molecular flexibility index (Phi) is 4.50. The Balaban J connectivity index is 1.92. The van der Waals surface area contributed by atoms with E-state index in [0.717, 1.165) is 0 Å². The minimum Gasteiger partial charge on any atom is -0.346 e. The van der Waals surface area contributed by atoms with Crippen LogP contribution in [0.4, 0.5) is 0 Å². The summed E-state index contributed by atoms with van der Waals surface area (Å²) in [6.45, 7) is 0.984. The average Bonchev–Trinajstić information content (AvgIpc) is 3.01. The fourth-order valence-electron chi connectivity index (χ4n) is 3.38. The number of carbonyl (C=O) groups excluding carboxylic acids is 3. The lowest BCUT2D eigenvalue weighted by Gasteiger charge is -2.36. The molecule has 3 rings (SSSR count). The maximum atomic E-state index is 13.1. The zero-order valence-corrected chi connectivity index (χ0v) is 13.4. The first kappa shape index (κ1) is 16.1. The second-order valence-corrected chi connectivity index (χ2v) is 6.55. The topological polar surface area (TPSA) is 77.3 Å². The molecule has 0 aromatic heterocycles. The number of halogens is 1. The third kappa shape index (κ3) is 3.03. The Hall–Kier alpha value is -1.72. The largest absolute Gasteiger partial charge is 0.346 e. The molecule has 23 heavy (non-hydrogen) atoms. The highest BCUT2D eigenvalue weighted by molar-refractivity contribution is 6.30. The molecule has 2 aliphatic heterocycles. The normalized spacial score (nSPS) is 23.3. The van der Waals surface area contributed by atoms with Crippen LogP contribution in [-0.2, 0) is 9.59 Å². The second-order valence-electron chi connectivity index (χ2n) is 6.11. The van der Waals surface area contributed by atoms with Crippen molar-refractivity contribution in [1.82, 2.24) is 10.6 Å². The summed E-state index contributed by atoms with van der Waals surface area (Å²) in [5, 5.41) is 7.52. The Morgan fingerprint density at radius 1 is 1.17 bits per heavy atom. The first-order valence-corrected chi connectivity index (χ1v) is 8.18. The van der Waals surface area contributed by atoms with Crippen molar-refractivity contribution >= 4 is 29.1 Å². The van der Waals surface area contributed by atoms with Crippen molar-refractivity contribution in [3.8, 4) is 0 Å². The number of carbonyl (C=O) groups is 3. The van der Waals surface area contributed by atoms with Crippen LogP contribution in [0.15, 0.2) is 24.3 Å². The molecule has 5 nitrogen and oxygen atoms in total. The lowest BCUT2D eigenvalue weighted by Crippen LogP contribution is -2.52. The number of rotatable bonds is 4. The first-order chi connectivity index (χ1) is 11.0. The monoisotopic (exact) mass is 333 g/mol. The maximum absolute atomic E-state index is 13.1. The molecule has 6 heteroatoms. The van der Waals surface area contributed by atoms with Crippen molar-refractivity contribution in [2.24, 2.45) is 5.41 Å². The summed E-state index contributed by atoms with van der Waals surface area (Å²) in [6, 6.07) is 6.05. The molecule has 1 atom stereocenters. The number of nitrogens with one attached hydrogen (secondary N) is 1. The van der Waals surface area contributed by atoms with Gasteiger partial charge in [-0.2, -0.15) is 0 Å². The smallest absolute Gasteiger partial charge is 0.220 e. The van der Waals surface area contributed by atoms with Crippen LogP contribution in [0.3, 0.4) is 0 Å². The fourth-order valence-corrected chi connectivity index (χ4v) is 3.51. The lowest BCUT2D eigenvalue weighted by atomic mass is 9.68. The van der Waals surface area contributed by atoms with Crippen LogP contribution in [0.1, 0.15) is 36.0 Å². The molecule has 0 aliphatic carbocycles. The molecule has 2 fully saturated rings. The Bertz CT molecular complexity index is 636. The van der Waals surface area contributed by atoms with Crippen molar-refractivity contribution in [2.45, 2.75) is 31.7 Å². The van der Waals surface area contributed by atoms with Crippen molar-refractivity contribution in [3.05, 3.63) is 34.9 Å². The highest BCUT2D eigenvalue weighted by Gasteiger charge is 2.50. The number of piperidine rings is 1. The zero-order chi connectivity index (χ0) is 16.4. The van der Waals surface area contributed by atoms with Gasteiger partial charge in [0.25, 0.3) is 0 Å². The van der Waals surface area contributed by atoms with Crippen LogP contribution in [0.25, 0.3) is 0 Å². The molecular formula is C17H18ClN2O3. The summed E-state index contributed by atoms with van der Waals surface area (Å²) >= 11 is 5.88. The highest BCUT2D eigenvalue weighted by Crippen LogP contribution is 2.37. The number of hydrogen-bond donors (Lipinski definition) is 1. The van der Waals surface area contributed by atoms with Gasteiger partial charge in [0, 0.05) is 30.1 Å². The van der Waals surface area contributed by atoms with Crippen molar-refractivity contribution in [1.29, 1.82) is 0 Å². The Morgan fingerprint density at radius 2 is 1.83 bits per heavy atom. The van der Waals surface area contributed by atoms with Gasteiger partial charge in [0.15, 0.2) is 11.6 Å². The van der Waals surface area contributed by atoms with Gasteiger partial charge in [0.05, 0.1) is 11.5 Å². The van der Waals surface area contributed by atoms with Gasteiger partial charge in [-0.25, -0.2) is 5.32 Å². The molecule has 2 saturated heterocycles. The summed E-state index contributed by atoms with van der Waals surface area (Å²) in [5.74, 6) is -0.480. The van der Waals surface area contributed by atoms with Crippen LogP contribution >= 0.6 is 11.6 Å². The maximum Gasteiger partial charge on any atom is 0.220 e. The summed E-state index contributed by atoms with van der Waals surface area (Å²) in [6.07, 6.45) is 1.61. The standard InChI is InChI=1S/C17H18ClN2O3/c18-12-3-1-11(2-4-12)15(22)17(7-9-19-10-8-17)16(23)13-5-6-14(21)20-13/h1-4,13H,5-10H2,(H,20,21). The van der Waals surface area contributed by atoms with Crippen molar-refractivity contribution in [2.75, 3.05) is 13.1 Å². The van der Waals surface area contributed by atoms with Crippen LogP contribution < -0.4 is 10.6 Å². The number of ketones is 2. The van der Waals surface area contributed by atoms with E-state index in [1.165, 1.54) is 0 Å². The van der Waals surface area contributed by atoms with Crippen LogP contribution in [-0.4, -0.2) is 36.6 Å². The minimum atomic E-state index is -1.09. The molecule has 0 spiro atoms. The summed E-state index contributed by atoms with van der Waals surface area (Å²) in [4.78, 5) is 37.6. The third-order valence-electron chi connectivity index (χ3n) is 4.72. The van der Waals surface area contributed by atoms with E-state index in [0.29, 0.717) is 49.4 Å². The predicted molar refractivity (Wildman–Crippen MR) is 85.5 cm³/mol. The van der Waals surface area contributed by atoms with Gasteiger partial charge in [-0.05, 0) is 43.5 Å². The van der Waals surface area contributed by atoms with Crippen LogP contribution in [0, 0.1) is 5.41 Å². The van der Waals surface area contributed by atoms with E-state index in [9.17, 15) is 14.4 Å². The van der Waals surface area contributed by atoms with E-state index in [4.69, 9.17) is 11.6 Å². The molecule has 0 saturated carbocycles. The van der Waals surface area contributed by atoms with Crippen LogP contribution in [0.2, 0.25) is 5.02 Å². The molecule has 121 valence electrons. The number of Topliss-reactive ketones (excluding diaryl/α,β-unsaturated/α-hetero) is 2. The average molecular weight is 334 g/mol. The number of amides is 1. The van der Waals surface area contributed by atoms with Gasteiger partial charge in [-0.1, -0.05) is 11.6 Å². The Labute approximate surface area is 139 Å². The van der Waals surface area contributed by atoms with Gasteiger partial charge in [0.1, 0.15) is 0 Å². The summed E-state index contributed by atoms with van der Waals surface area (Å²) in [5.41, 5.74) is -0.605. The van der Waals surface area contributed by atoms with Gasteiger partial charge in [-0.15, -0.1) is 0 Å². The zero-order valence-electron chi connectivity index (χ0n) is 12.7. The van der Waals surface area contributed by atoms with E-state index in [-0.39, 0.29) is 17.5 Å². The molecule has 2 aliphatic rings. The predicted octanol–water partition coefficient (Wildman–Crippen LogP) is 1.75. The Morgan fingerprint density at radius 3 is 2.39 bits per heavy atom. The molecule has 1 unspecified atom stereocenters. The molecule has 2 heterocycles. The first-order valence-electron chi connectivity index (χ1n) is 7.80. The summed E-state index contributed by atoms with van der Waals surface area (Å²) in [7, 11) is 0. The minimum absolute atomic E-state index is 0.127. The van der Waals surface area contributed by atoms with Crippen molar-refractivity contribution in [3.63, 3.8) is 0 Å². The van der Waals surface area contributed by atoms with Crippen LogP contribution in [0.5, 0.6) is 0 Å². The molecule has 0 bridgehead atoms. The van der Waals surface area contributed by atoms with Crippen molar-refractivity contribution < 1.29 is 14.4 Å². The highest BCUT2D eigenvalue weighted by atomic mass is 35.5. The number of nitrogens with zero attached hydrogens (tertiary/aromatic N) is 1. The van der Waals surface area contributed by atoms with E-state index in [1.54, 1.807) is 24.3 Å². The lowest BCUT2D eigenvalue weighted by molar-refractivity contribution is -0.131. The van der Waals surface area contributed by atoms with Gasteiger partial charge in [-0.3, -0.25) is 14.4 Å². The second kappa shape index (κ2) is 6.42. The molecule has 1 amide bonds. The molecule has 1 radical (unpaired) electrons. The number of benzene rings is 1. The molecular weight excluding hydrogens is 316 g/mol. The van der Waals surface area contributed by atoms with Gasteiger partial charge >= 0.3 is 0 Å². The third-order valence-corrected chi connectivity index (χ3v) is 4.97. The SMILES string of the molecule is O=C1CCC(C(=O)C2(C(=O)c3ccc(Cl)cc3)CC[N]CC2)N1. The fraction of sp³-hybridized carbons (Fsp3) is 0.471. The van der Waals surface area contributed by atoms with Gasteiger partial charge in [0.2, 0.25) is 5.91 Å². The number of hydrogen-bond acceptors (Lipinski definition) is 3. The van der Waals surface area contributed by atoms with E-state index < -0.39 is 11.5 Å². The summed E-state index contributed by atoms with van der Waals surface area (Å²) < 4.78 is 0. The van der Waals surface area contributed by atoms with E-state index in [1.807, 2.05) is 0 Å². The molecule has 1 aromatic rings. The van der Waals surface area contributed by atoms with E-state index in [2.05, 4.69) is 10.6 Å². The molecule has 1 aromatic carbocycles. The molecule has 1 N–H and O–H groups in total. The van der Waals surface area contributed by atoms with Gasteiger partial charge < -0.3 is 5.32 Å². The van der Waals surface area contributed by atoms with E-state index >= 15 is 0 Å².